The summed E-state index contributed by atoms with van der Waals surface area (Å²) in [6.45, 7) is -0.756. The van der Waals surface area contributed by atoms with Crippen LogP contribution < -0.4 is 0 Å². The molecule has 1 aromatic carbocycles. The van der Waals surface area contributed by atoms with Gasteiger partial charge in [0.05, 0.1) is 18.3 Å². The van der Waals surface area contributed by atoms with Gasteiger partial charge in [-0.15, -0.1) is 0 Å². The molecule has 4 heterocycles. The first-order valence-corrected chi connectivity index (χ1v) is 10.4. The zero-order valence-corrected chi connectivity index (χ0v) is 16.0. The van der Waals surface area contributed by atoms with Crippen LogP contribution in [0.3, 0.4) is 0 Å². The second-order valence-electron chi connectivity index (χ2n) is 7.19. The van der Waals surface area contributed by atoms with E-state index in [2.05, 4.69) is 15.2 Å². The smallest absolute Gasteiger partial charge is 0.282 e. The predicted molar refractivity (Wildman–Crippen MR) is 96.4 cm³/mol. The highest BCUT2D eigenvalue weighted by molar-refractivity contribution is 7.89. The molecule has 6 nitrogen and oxygen atoms in total. The first-order valence-electron chi connectivity index (χ1n) is 9.00. The van der Waals surface area contributed by atoms with Crippen LogP contribution in [0.25, 0.3) is 0 Å². The molecule has 2 unspecified atom stereocenters. The number of aromatic amines is 1. The minimum absolute atomic E-state index is 0.253. The Morgan fingerprint density at radius 1 is 1.13 bits per heavy atom. The van der Waals surface area contributed by atoms with Crippen LogP contribution in [0.5, 0.6) is 0 Å². The standard InChI is InChI=1S/C19H14F4N4O2S/c20-7-10-2-1-3-12-17(10)15-6-14-13(9-25-26-14)18(12)27(15)30(28,29)11-4-5-16(24-8-11)19(21,22)23/h1-5,8-9,15,18H,6-7H2,(H,25,26). The Labute approximate surface area is 168 Å². The lowest BCUT2D eigenvalue weighted by atomic mass is 9.97. The maximum atomic E-state index is 13.7. The van der Waals surface area contributed by atoms with Crippen molar-refractivity contribution in [3.8, 4) is 0 Å². The molecule has 2 atom stereocenters. The largest absolute Gasteiger partial charge is 0.433 e. The Morgan fingerprint density at radius 3 is 2.60 bits per heavy atom. The molecule has 0 amide bonds. The van der Waals surface area contributed by atoms with Gasteiger partial charge in [0.1, 0.15) is 17.3 Å². The maximum Gasteiger partial charge on any atom is 0.433 e. The van der Waals surface area contributed by atoms with Crippen molar-refractivity contribution in [1.29, 1.82) is 0 Å². The summed E-state index contributed by atoms with van der Waals surface area (Å²) in [7, 11) is -4.23. The van der Waals surface area contributed by atoms with Crippen LogP contribution in [0.15, 0.2) is 47.6 Å². The van der Waals surface area contributed by atoms with Gasteiger partial charge in [0.25, 0.3) is 0 Å². The SMILES string of the molecule is O=S(=O)(c1ccc(C(F)(F)F)nc1)N1C2Cc3[nH]ncc3C1c1cccc(CF)c12. The average molecular weight is 438 g/mol. The molecule has 0 saturated heterocycles. The second-order valence-corrected chi connectivity index (χ2v) is 9.04. The van der Waals surface area contributed by atoms with E-state index in [1.54, 1.807) is 18.2 Å². The summed E-state index contributed by atoms with van der Waals surface area (Å²) in [5.41, 5.74) is 1.86. The molecule has 30 heavy (non-hydrogen) atoms. The van der Waals surface area contributed by atoms with E-state index in [0.29, 0.717) is 34.5 Å². The van der Waals surface area contributed by atoms with Crippen LogP contribution >= 0.6 is 0 Å². The number of alkyl halides is 4. The molecule has 3 aromatic rings. The van der Waals surface area contributed by atoms with Crippen molar-refractivity contribution < 1.29 is 26.0 Å². The second kappa shape index (κ2) is 6.35. The van der Waals surface area contributed by atoms with Crippen molar-refractivity contribution in [3.05, 3.63) is 76.4 Å². The minimum atomic E-state index is -4.68. The molecular weight excluding hydrogens is 424 g/mol. The fourth-order valence-corrected chi connectivity index (χ4v) is 6.07. The quantitative estimate of drug-likeness (QED) is 0.633. The Hall–Kier alpha value is -2.79. The van der Waals surface area contributed by atoms with Gasteiger partial charge in [-0.3, -0.25) is 10.1 Å². The van der Waals surface area contributed by atoms with Crippen molar-refractivity contribution >= 4 is 10.0 Å². The Morgan fingerprint density at radius 2 is 1.93 bits per heavy atom. The molecule has 0 saturated carbocycles. The topological polar surface area (TPSA) is 79.0 Å². The molecule has 5 rings (SSSR count). The van der Waals surface area contributed by atoms with E-state index in [9.17, 15) is 26.0 Å². The molecule has 156 valence electrons. The number of halogens is 4. The minimum Gasteiger partial charge on any atom is -0.282 e. The van der Waals surface area contributed by atoms with Crippen LogP contribution in [-0.2, 0) is 29.3 Å². The van der Waals surface area contributed by atoms with Crippen molar-refractivity contribution in [2.24, 2.45) is 0 Å². The Kier molecular flexibility index (Phi) is 4.06. The van der Waals surface area contributed by atoms with Crippen molar-refractivity contribution in [2.45, 2.75) is 36.3 Å². The van der Waals surface area contributed by atoms with Crippen LogP contribution in [0.4, 0.5) is 17.6 Å². The number of H-pyrrole nitrogens is 1. The molecule has 0 spiro atoms. The highest BCUT2D eigenvalue weighted by Gasteiger charge is 2.51. The molecule has 2 bridgehead atoms. The van der Waals surface area contributed by atoms with Gasteiger partial charge in [0.2, 0.25) is 10.0 Å². The Bertz CT molecular complexity index is 1240. The van der Waals surface area contributed by atoms with Crippen LogP contribution in [0.2, 0.25) is 0 Å². The van der Waals surface area contributed by atoms with E-state index in [1.165, 1.54) is 10.5 Å². The monoisotopic (exact) mass is 438 g/mol. The van der Waals surface area contributed by atoms with E-state index in [4.69, 9.17) is 0 Å². The van der Waals surface area contributed by atoms with E-state index in [-0.39, 0.29) is 11.3 Å². The number of pyridine rings is 1. The maximum absolute atomic E-state index is 13.7. The third-order valence-electron chi connectivity index (χ3n) is 5.61. The van der Waals surface area contributed by atoms with Gasteiger partial charge < -0.3 is 0 Å². The van der Waals surface area contributed by atoms with Crippen LogP contribution in [-0.4, -0.2) is 27.9 Å². The summed E-state index contributed by atoms with van der Waals surface area (Å²) in [5, 5.41) is 6.87. The number of sulfonamides is 1. The highest BCUT2D eigenvalue weighted by Crippen LogP contribution is 2.54. The molecule has 2 aromatic heterocycles. The molecule has 11 heteroatoms. The van der Waals surface area contributed by atoms with E-state index < -0.39 is 40.7 Å². The number of hydrogen-bond donors (Lipinski definition) is 1. The first kappa shape index (κ1) is 19.2. The highest BCUT2D eigenvalue weighted by atomic mass is 32.2. The van der Waals surface area contributed by atoms with E-state index in [1.807, 2.05) is 0 Å². The van der Waals surface area contributed by atoms with Crippen LogP contribution in [0.1, 0.15) is 45.7 Å². The lowest BCUT2D eigenvalue weighted by Gasteiger charge is -2.33. The predicted octanol–water partition coefficient (Wildman–Crippen LogP) is 3.68. The zero-order chi connectivity index (χ0) is 21.3. The summed E-state index contributed by atoms with van der Waals surface area (Å²) in [6.07, 6.45) is -2.18. The number of benzene rings is 1. The van der Waals surface area contributed by atoms with Gasteiger partial charge in [-0.05, 0) is 28.8 Å². The normalized spacial score (nSPS) is 20.8. The molecule has 2 aliphatic rings. The molecule has 0 radical (unpaired) electrons. The fourth-order valence-electron chi connectivity index (χ4n) is 4.38. The number of hydrogen-bond acceptors (Lipinski definition) is 4. The van der Waals surface area contributed by atoms with Crippen molar-refractivity contribution in [1.82, 2.24) is 19.5 Å². The Balaban J connectivity index is 1.66. The fraction of sp³-hybridized carbons (Fsp3) is 0.263. The van der Waals surface area contributed by atoms with Gasteiger partial charge >= 0.3 is 6.18 Å². The number of rotatable bonds is 3. The molecular formula is C19H14F4N4O2S. The van der Waals surface area contributed by atoms with Gasteiger partial charge in [0, 0.05) is 23.9 Å². The molecule has 0 aliphatic carbocycles. The lowest BCUT2D eigenvalue weighted by molar-refractivity contribution is -0.141. The number of fused-ring (bicyclic) bond motifs is 7. The zero-order valence-electron chi connectivity index (χ0n) is 15.2. The summed E-state index contributed by atoms with van der Waals surface area (Å²) in [4.78, 5) is 2.93. The third-order valence-corrected chi connectivity index (χ3v) is 7.47. The summed E-state index contributed by atoms with van der Waals surface area (Å²) in [6, 6.07) is 5.12. The summed E-state index contributed by atoms with van der Waals surface area (Å²) < 4.78 is 80.4. The first-order chi connectivity index (χ1) is 14.2. The molecule has 1 N–H and O–H groups in total. The molecule has 2 aliphatic heterocycles. The van der Waals surface area contributed by atoms with E-state index >= 15 is 0 Å². The van der Waals surface area contributed by atoms with Gasteiger partial charge in [-0.25, -0.2) is 12.8 Å². The summed E-state index contributed by atoms with van der Waals surface area (Å²) in [5.74, 6) is 0. The number of aromatic nitrogens is 3. The van der Waals surface area contributed by atoms with Gasteiger partial charge in [0.15, 0.2) is 0 Å². The van der Waals surface area contributed by atoms with Gasteiger partial charge in [-0.2, -0.15) is 22.6 Å². The number of nitrogens with zero attached hydrogens (tertiary/aromatic N) is 3. The van der Waals surface area contributed by atoms with Crippen molar-refractivity contribution in [3.63, 3.8) is 0 Å². The summed E-state index contributed by atoms with van der Waals surface area (Å²) >= 11 is 0. The third kappa shape index (κ3) is 2.61. The van der Waals surface area contributed by atoms with E-state index in [0.717, 1.165) is 11.8 Å². The van der Waals surface area contributed by atoms with Crippen molar-refractivity contribution in [2.75, 3.05) is 0 Å². The van der Waals surface area contributed by atoms with Crippen LogP contribution in [0, 0.1) is 0 Å². The molecule has 0 fully saturated rings. The van der Waals surface area contributed by atoms with Gasteiger partial charge in [-0.1, -0.05) is 18.2 Å². The average Bonchev–Trinajstić information content (AvgIpc) is 3.29. The number of nitrogens with one attached hydrogen (secondary N) is 1. The lowest BCUT2D eigenvalue weighted by Crippen LogP contribution is -2.37.